The van der Waals surface area contributed by atoms with Gasteiger partial charge in [0.1, 0.15) is 0 Å². The molecule has 140 valence electrons. The van der Waals surface area contributed by atoms with E-state index in [1.165, 1.54) is 12.8 Å². The molecule has 2 rings (SSSR count). The van der Waals surface area contributed by atoms with E-state index in [1.807, 2.05) is 37.3 Å². The highest BCUT2D eigenvalue weighted by Crippen LogP contribution is 2.17. The fraction of sp³-hybridized carbons (Fsp3) is 0.545. The number of rotatable bonds is 7. The number of nitrogens with zero attached hydrogens (tertiary/aromatic N) is 1. The molecule has 26 heavy (non-hydrogen) atoms. The Morgan fingerprint density at radius 3 is 2.54 bits per heavy atom. The summed E-state index contributed by atoms with van der Waals surface area (Å²) in [7, 11) is 0. The van der Waals surface area contributed by atoms with Gasteiger partial charge in [0, 0.05) is 30.5 Å². The van der Waals surface area contributed by atoms with Gasteiger partial charge in [-0.2, -0.15) is 0 Å². The smallest absolute Gasteiger partial charge is 0.224 e. The van der Waals surface area contributed by atoms with E-state index in [2.05, 4.69) is 24.1 Å². The summed E-state index contributed by atoms with van der Waals surface area (Å²) >= 11 is 0. The molecule has 1 saturated carbocycles. The number of hydrogen-bond donors (Lipinski definition) is 1. The topological polar surface area (TPSA) is 49.4 Å². The molecule has 0 saturated heterocycles. The zero-order valence-electron chi connectivity index (χ0n) is 16.0. The summed E-state index contributed by atoms with van der Waals surface area (Å²) < 4.78 is 0. The first kappa shape index (κ1) is 20.0. The minimum Gasteiger partial charge on any atom is -0.353 e. The second-order valence-corrected chi connectivity index (χ2v) is 7.00. The van der Waals surface area contributed by atoms with Crippen molar-refractivity contribution in [1.29, 1.82) is 0 Å². The van der Waals surface area contributed by atoms with E-state index in [1.54, 1.807) is 4.90 Å². The second kappa shape index (κ2) is 10.7. The predicted molar refractivity (Wildman–Crippen MR) is 104 cm³/mol. The van der Waals surface area contributed by atoms with Gasteiger partial charge in [-0.1, -0.05) is 49.8 Å². The van der Waals surface area contributed by atoms with E-state index in [-0.39, 0.29) is 30.7 Å². The van der Waals surface area contributed by atoms with Gasteiger partial charge >= 0.3 is 0 Å². The standard InChI is InChI=1S/C22H30N2O2/c1-3-18(2)24(17-9-12-19-10-5-4-6-11-19)22(26)16-15-21(25)23-20-13-7-8-14-20/h4-6,10-11,18,20H,3,7-8,13-17H2,1-2H3,(H,23,25)/t18-/m0/s1. The van der Waals surface area contributed by atoms with Crippen molar-refractivity contribution in [2.45, 2.75) is 70.9 Å². The maximum Gasteiger partial charge on any atom is 0.224 e. The summed E-state index contributed by atoms with van der Waals surface area (Å²) in [6.07, 6.45) is 5.87. The highest BCUT2D eigenvalue weighted by Gasteiger charge is 2.21. The third-order valence-electron chi connectivity index (χ3n) is 4.99. The Morgan fingerprint density at radius 1 is 1.19 bits per heavy atom. The van der Waals surface area contributed by atoms with Crippen LogP contribution in [0.4, 0.5) is 0 Å². The van der Waals surface area contributed by atoms with Crippen molar-refractivity contribution in [3.63, 3.8) is 0 Å². The molecule has 0 unspecified atom stereocenters. The number of carbonyl (C=O) groups is 2. The Labute approximate surface area is 157 Å². The minimum atomic E-state index is -0.00952. The lowest BCUT2D eigenvalue weighted by molar-refractivity contribution is -0.134. The number of nitrogens with one attached hydrogen (secondary N) is 1. The van der Waals surface area contributed by atoms with Gasteiger partial charge in [-0.05, 0) is 38.3 Å². The molecule has 4 nitrogen and oxygen atoms in total. The molecule has 1 aromatic carbocycles. The number of carbonyl (C=O) groups excluding carboxylic acids is 2. The van der Waals surface area contributed by atoms with Crippen LogP contribution >= 0.6 is 0 Å². The second-order valence-electron chi connectivity index (χ2n) is 7.00. The summed E-state index contributed by atoms with van der Waals surface area (Å²) in [4.78, 5) is 26.5. The maximum absolute atomic E-state index is 12.6. The van der Waals surface area contributed by atoms with Gasteiger partial charge in [0.15, 0.2) is 0 Å². The van der Waals surface area contributed by atoms with E-state index < -0.39 is 0 Å². The lowest BCUT2D eigenvalue weighted by Crippen LogP contribution is -2.39. The van der Waals surface area contributed by atoms with Gasteiger partial charge in [0.25, 0.3) is 0 Å². The molecule has 0 heterocycles. The van der Waals surface area contributed by atoms with Gasteiger partial charge < -0.3 is 10.2 Å². The Kier molecular flexibility index (Phi) is 8.21. The predicted octanol–water partition coefficient (Wildman–Crippen LogP) is 3.50. The molecule has 0 aromatic heterocycles. The molecular formula is C22H30N2O2. The summed E-state index contributed by atoms with van der Waals surface area (Å²) in [6.45, 7) is 4.48. The normalized spacial score (nSPS) is 15.0. The molecule has 1 aliphatic rings. The van der Waals surface area contributed by atoms with Crippen LogP contribution in [0.2, 0.25) is 0 Å². The van der Waals surface area contributed by atoms with E-state index in [9.17, 15) is 9.59 Å². The zero-order chi connectivity index (χ0) is 18.8. The lowest BCUT2D eigenvalue weighted by Gasteiger charge is -2.26. The van der Waals surface area contributed by atoms with Gasteiger partial charge in [0.2, 0.25) is 11.8 Å². The Hall–Kier alpha value is -2.28. The Bertz CT molecular complexity index is 639. The minimum absolute atomic E-state index is 0.00304. The first-order valence-electron chi connectivity index (χ1n) is 9.73. The average molecular weight is 354 g/mol. The van der Waals surface area contributed by atoms with Crippen LogP contribution in [-0.4, -0.2) is 35.3 Å². The monoisotopic (exact) mass is 354 g/mol. The van der Waals surface area contributed by atoms with Crippen molar-refractivity contribution in [2.24, 2.45) is 0 Å². The summed E-state index contributed by atoms with van der Waals surface area (Å²) in [5, 5.41) is 3.04. The first-order chi connectivity index (χ1) is 12.6. The number of benzene rings is 1. The first-order valence-corrected chi connectivity index (χ1v) is 9.73. The molecule has 2 amide bonds. The molecular weight excluding hydrogens is 324 g/mol. The molecule has 1 N–H and O–H groups in total. The van der Waals surface area contributed by atoms with Crippen molar-refractivity contribution >= 4 is 11.8 Å². The highest BCUT2D eigenvalue weighted by molar-refractivity contribution is 5.84. The molecule has 0 spiro atoms. The van der Waals surface area contributed by atoms with E-state index in [0.29, 0.717) is 12.6 Å². The van der Waals surface area contributed by atoms with E-state index in [4.69, 9.17) is 0 Å². The van der Waals surface area contributed by atoms with Crippen LogP contribution < -0.4 is 5.32 Å². The third kappa shape index (κ3) is 6.55. The Morgan fingerprint density at radius 2 is 1.88 bits per heavy atom. The van der Waals surface area contributed by atoms with Crippen molar-refractivity contribution in [2.75, 3.05) is 6.54 Å². The average Bonchev–Trinajstić information content (AvgIpc) is 3.16. The van der Waals surface area contributed by atoms with Crippen LogP contribution in [0.3, 0.4) is 0 Å². The van der Waals surface area contributed by atoms with Gasteiger partial charge in [0.05, 0.1) is 6.54 Å². The largest absolute Gasteiger partial charge is 0.353 e. The van der Waals surface area contributed by atoms with Crippen LogP contribution in [0, 0.1) is 11.8 Å². The SMILES string of the molecule is CC[C@H](C)N(CC#Cc1ccccc1)C(=O)CCC(=O)NC1CCCC1. The molecule has 0 radical (unpaired) electrons. The molecule has 0 aliphatic heterocycles. The van der Waals surface area contributed by atoms with Crippen LogP contribution in [0.25, 0.3) is 0 Å². The van der Waals surface area contributed by atoms with Gasteiger partial charge in [-0.25, -0.2) is 0 Å². The molecule has 1 fully saturated rings. The Balaban J connectivity index is 1.85. The molecule has 1 aromatic rings. The van der Waals surface area contributed by atoms with Crippen molar-refractivity contribution in [3.05, 3.63) is 35.9 Å². The van der Waals surface area contributed by atoms with Gasteiger partial charge in [-0.15, -0.1) is 0 Å². The van der Waals surface area contributed by atoms with Gasteiger partial charge in [-0.3, -0.25) is 9.59 Å². The fourth-order valence-corrected chi connectivity index (χ4v) is 3.19. The lowest BCUT2D eigenvalue weighted by atomic mass is 10.1. The van der Waals surface area contributed by atoms with Crippen LogP contribution in [0.15, 0.2) is 30.3 Å². The quantitative estimate of drug-likeness (QED) is 0.762. The van der Waals surface area contributed by atoms with Crippen LogP contribution in [-0.2, 0) is 9.59 Å². The fourth-order valence-electron chi connectivity index (χ4n) is 3.19. The van der Waals surface area contributed by atoms with Crippen LogP contribution in [0.1, 0.15) is 64.4 Å². The van der Waals surface area contributed by atoms with E-state index in [0.717, 1.165) is 24.8 Å². The van der Waals surface area contributed by atoms with Crippen molar-refractivity contribution < 1.29 is 9.59 Å². The van der Waals surface area contributed by atoms with Crippen molar-refractivity contribution in [3.8, 4) is 11.8 Å². The number of hydrogen-bond acceptors (Lipinski definition) is 2. The number of amides is 2. The molecule has 0 bridgehead atoms. The maximum atomic E-state index is 12.6. The molecule has 1 aliphatic carbocycles. The molecule has 4 heteroatoms. The summed E-state index contributed by atoms with van der Waals surface area (Å²) in [6, 6.07) is 10.2. The van der Waals surface area contributed by atoms with E-state index >= 15 is 0 Å². The van der Waals surface area contributed by atoms with Crippen molar-refractivity contribution in [1.82, 2.24) is 10.2 Å². The summed E-state index contributed by atoms with van der Waals surface area (Å²) in [5.41, 5.74) is 0.944. The van der Waals surface area contributed by atoms with Crippen LogP contribution in [0.5, 0.6) is 0 Å². The third-order valence-corrected chi connectivity index (χ3v) is 4.99. The highest BCUT2D eigenvalue weighted by atomic mass is 16.2. The zero-order valence-corrected chi connectivity index (χ0v) is 16.0. The molecule has 1 atom stereocenters. The summed E-state index contributed by atoms with van der Waals surface area (Å²) in [5.74, 6) is 6.19.